The third-order valence-electron chi connectivity index (χ3n) is 4.18. The molecule has 146 valence electrons. The molecule has 1 aromatic heterocycles. The van der Waals surface area contributed by atoms with Gasteiger partial charge in [0.25, 0.3) is 0 Å². The maximum Gasteiger partial charge on any atom is 0.232 e. The van der Waals surface area contributed by atoms with Crippen molar-refractivity contribution in [1.82, 2.24) is 14.7 Å². The van der Waals surface area contributed by atoms with Gasteiger partial charge in [0.2, 0.25) is 16.8 Å². The lowest BCUT2D eigenvalue weighted by molar-refractivity contribution is 0.103. The zero-order chi connectivity index (χ0) is 20.1. The molecule has 2 aromatic carbocycles. The smallest absolute Gasteiger partial charge is 0.232 e. The average Bonchev–Trinajstić information content (AvgIpc) is 2.70. The van der Waals surface area contributed by atoms with E-state index in [0.29, 0.717) is 35.3 Å². The first-order valence-corrected chi connectivity index (χ1v) is 9.68. The Morgan fingerprint density at radius 1 is 1.21 bits per heavy atom. The molecule has 3 rings (SSSR count). The third kappa shape index (κ3) is 4.49. The van der Waals surface area contributed by atoms with Gasteiger partial charge in [-0.2, -0.15) is 0 Å². The van der Waals surface area contributed by atoms with E-state index in [2.05, 4.69) is 14.7 Å². The number of ketones is 1. The first-order valence-electron chi connectivity index (χ1n) is 8.50. The van der Waals surface area contributed by atoms with Crippen molar-refractivity contribution in [1.29, 1.82) is 0 Å². The Morgan fingerprint density at radius 2 is 2.04 bits per heavy atom. The summed E-state index contributed by atoms with van der Waals surface area (Å²) in [7, 11) is -1.20. The molecule has 0 unspecified atom stereocenters. The van der Waals surface area contributed by atoms with E-state index in [0.717, 1.165) is 0 Å². The van der Waals surface area contributed by atoms with Crippen LogP contribution in [-0.4, -0.2) is 37.8 Å². The minimum absolute atomic E-state index is 0.0458. The standard InChI is InChI=1S/C19H18FN3O4S/c1-27-17-11-21-15-8-7-13(10-16(15)23-17)19(24)14-6-2-4-12(18(14)20)5-3-9-22-28(25)26/h2,4,6-8,10-11,28H,3,5,9H2,1H3,(H,22,25,26). The van der Waals surface area contributed by atoms with Crippen molar-refractivity contribution in [2.75, 3.05) is 13.7 Å². The molecule has 0 atom stereocenters. The first-order chi connectivity index (χ1) is 13.5. The highest BCUT2D eigenvalue weighted by atomic mass is 32.2. The largest absolute Gasteiger partial charge is 0.480 e. The van der Waals surface area contributed by atoms with Crippen molar-refractivity contribution in [3.05, 3.63) is 65.1 Å². The van der Waals surface area contributed by atoms with Gasteiger partial charge in [-0.25, -0.2) is 27.5 Å². The van der Waals surface area contributed by atoms with Crippen molar-refractivity contribution in [2.24, 2.45) is 0 Å². The van der Waals surface area contributed by atoms with Crippen LogP contribution in [0.5, 0.6) is 5.88 Å². The molecular formula is C19H18FN3O4S. The SMILES string of the molecule is COc1cnc2ccc(C(=O)c3cccc(CCCN[SH](=O)=O)c3F)cc2n1. The fraction of sp³-hybridized carbons (Fsp3) is 0.211. The first kappa shape index (κ1) is 19.8. The maximum atomic E-state index is 14.8. The summed E-state index contributed by atoms with van der Waals surface area (Å²) in [4.78, 5) is 21.3. The second-order valence-corrected chi connectivity index (χ2v) is 6.82. The molecule has 0 saturated heterocycles. The number of rotatable bonds is 8. The number of carbonyl (C=O) groups is 1. The van der Waals surface area contributed by atoms with E-state index in [1.165, 1.54) is 19.4 Å². The molecule has 0 aliphatic carbocycles. The van der Waals surface area contributed by atoms with Crippen LogP contribution < -0.4 is 9.46 Å². The van der Waals surface area contributed by atoms with Gasteiger partial charge in [0.05, 0.1) is 29.9 Å². The highest BCUT2D eigenvalue weighted by molar-refractivity contribution is 7.70. The number of nitrogens with zero attached hydrogens (tertiary/aromatic N) is 2. The predicted octanol–water partition coefficient (Wildman–Crippen LogP) is 2.06. The molecule has 0 spiro atoms. The van der Waals surface area contributed by atoms with Gasteiger partial charge in [0.1, 0.15) is 5.82 Å². The van der Waals surface area contributed by atoms with Gasteiger partial charge in [0, 0.05) is 12.1 Å². The van der Waals surface area contributed by atoms with Crippen LogP contribution in [0.3, 0.4) is 0 Å². The molecule has 1 heterocycles. The number of halogens is 1. The Labute approximate surface area is 162 Å². The number of carbonyl (C=O) groups excluding carboxylic acids is 1. The van der Waals surface area contributed by atoms with E-state index in [1.807, 2.05) is 0 Å². The number of aryl methyl sites for hydroxylation is 1. The highest BCUT2D eigenvalue weighted by Crippen LogP contribution is 2.21. The molecule has 0 aliphatic rings. The minimum Gasteiger partial charge on any atom is -0.480 e. The number of benzene rings is 2. The zero-order valence-corrected chi connectivity index (χ0v) is 15.9. The van der Waals surface area contributed by atoms with E-state index in [4.69, 9.17) is 4.74 Å². The minimum atomic E-state index is -2.67. The number of aromatic nitrogens is 2. The van der Waals surface area contributed by atoms with E-state index < -0.39 is 22.5 Å². The normalized spacial score (nSPS) is 11.1. The molecule has 0 fully saturated rings. The molecule has 0 aliphatic heterocycles. The summed E-state index contributed by atoms with van der Waals surface area (Å²) in [5.41, 5.74) is 1.66. The lowest BCUT2D eigenvalue weighted by atomic mass is 9.98. The summed E-state index contributed by atoms with van der Waals surface area (Å²) < 4.78 is 43.1. The Morgan fingerprint density at radius 3 is 2.79 bits per heavy atom. The molecule has 7 nitrogen and oxygen atoms in total. The van der Waals surface area contributed by atoms with Gasteiger partial charge < -0.3 is 4.74 Å². The van der Waals surface area contributed by atoms with E-state index in [9.17, 15) is 17.6 Å². The maximum absolute atomic E-state index is 14.8. The molecule has 1 N–H and O–H groups in total. The van der Waals surface area contributed by atoms with Crippen LogP contribution in [0.15, 0.2) is 42.6 Å². The van der Waals surface area contributed by atoms with Crippen molar-refractivity contribution < 1.29 is 22.3 Å². The van der Waals surface area contributed by atoms with Gasteiger partial charge in [0.15, 0.2) is 5.78 Å². The molecule has 0 amide bonds. The second kappa shape index (κ2) is 8.85. The Bertz CT molecular complexity index is 1090. The summed E-state index contributed by atoms with van der Waals surface area (Å²) in [6.07, 6.45) is 2.21. The van der Waals surface area contributed by atoms with Gasteiger partial charge in [-0.1, -0.05) is 12.1 Å². The molecule has 0 bridgehead atoms. The van der Waals surface area contributed by atoms with Crippen molar-refractivity contribution >= 4 is 27.7 Å². The third-order valence-corrected chi connectivity index (χ3v) is 4.66. The van der Waals surface area contributed by atoms with Crippen LogP contribution in [0.25, 0.3) is 11.0 Å². The molecule has 0 saturated carbocycles. The fourth-order valence-corrected chi connectivity index (χ4v) is 3.13. The summed E-state index contributed by atoms with van der Waals surface area (Å²) in [6.45, 7) is 0.210. The lowest BCUT2D eigenvalue weighted by Gasteiger charge is -2.08. The van der Waals surface area contributed by atoms with Gasteiger partial charge in [-0.3, -0.25) is 4.79 Å². The molecule has 28 heavy (non-hydrogen) atoms. The molecule has 9 heteroatoms. The van der Waals surface area contributed by atoms with E-state index >= 15 is 0 Å². The van der Waals surface area contributed by atoms with Crippen LogP contribution in [0.1, 0.15) is 27.9 Å². The van der Waals surface area contributed by atoms with E-state index in [-0.39, 0.29) is 17.7 Å². The lowest BCUT2D eigenvalue weighted by Crippen LogP contribution is -2.14. The summed E-state index contributed by atoms with van der Waals surface area (Å²) in [6, 6.07) is 9.39. The number of nitrogens with one attached hydrogen (secondary N) is 1. The van der Waals surface area contributed by atoms with Crippen molar-refractivity contribution in [2.45, 2.75) is 12.8 Å². The van der Waals surface area contributed by atoms with Gasteiger partial charge in [-0.15, -0.1) is 0 Å². The number of hydrogen-bond donors (Lipinski definition) is 2. The second-order valence-electron chi connectivity index (χ2n) is 5.99. The highest BCUT2D eigenvalue weighted by Gasteiger charge is 2.17. The number of hydrogen-bond acceptors (Lipinski definition) is 6. The van der Waals surface area contributed by atoms with Crippen molar-refractivity contribution in [3.63, 3.8) is 0 Å². The predicted molar refractivity (Wildman–Crippen MR) is 103 cm³/mol. The van der Waals surface area contributed by atoms with Crippen LogP contribution in [0.2, 0.25) is 0 Å². The van der Waals surface area contributed by atoms with Gasteiger partial charge in [-0.05, 0) is 42.7 Å². The Hall–Kier alpha value is -2.91. The zero-order valence-electron chi connectivity index (χ0n) is 15.0. The molecule has 0 radical (unpaired) electrons. The van der Waals surface area contributed by atoms with Crippen LogP contribution in [0.4, 0.5) is 4.39 Å². The summed E-state index contributed by atoms with van der Waals surface area (Å²) in [5.74, 6) is -0.749. The quantitative estimate of drug-likeness (QED) is 0.339. The fourth-order valence-electron chi connectivity index (χ4n) is 2.79. The number of ether oxygens (including phenoxy) is 1. The Balaban J connectivity index is 1.85. The van der Waals surface area contributed by atoms with Crippen LogP contribution in [-0.2, 0) is 17.3 Å². The van der Waals surface area contributed by atoms with Crippen LogP contribution in [0, 0.1) is 5.82 Å². The average molecular weight is 403 g/mol. The van der Waals surface area contributed by atoms with Gasteiger partial charge >= 0.3 is 0 Å². The Kier molecular flexibility index (Phi) is 6.27. The van der Waals surface area contributed by atoms with Crippen LogP contribution >= 0.6 is 0 Å². The topological polar surface area (TPSA) is 98.2 Å². The molecule has 3 aromatic rings. The summed E-state index contributed by atoms with van der Waals surface area (Å²) >= 11 is 0. The van der Waals surface area contributed by atoms with Crippen molar-refractivity contribution in [3.8, 4) is 5.88 Å². The number of methoxy groups -OCH3 is 1. The monoisotopic (exact) mass is 403 g/mol. The molecular weight excluding hydrogens is 385 g/mol. The number of thiol groups is 1. The number of fused-ring (bicyclic) bond motifs is 1. The van der Waals surface area contributed by atoms with E-state index in [1.54, 1.807) is 30.3 Å². The summed E-state index contributed by atoms with van der Waals surface area (Å²) in [5, 5.41) is 0.